The third kappa shape index (κ3) is 25.7. The highest BCUT2D eigenvalue weighted by Gasteiger charge is 2.14. The van der Waals surface area contributed by atoms with Gasteiger partial charge in [0.05, 0.1) is 40.0 Å². The van der Waals surface area contributed by atoms with Gasteiger partial charge in [-0.05, 0) is 170 Å². The van der Waals surface area contributed by atoms with Crippen LogP contribution in [0, 0.1) is 0 Å². The molecule has 0 saturated heterocycles. The first-order valence-corrected chi connectivity index (χ1v) is 23.9. The van der Waals surface area contributed by atoms with E-state index in [1.165, 1.54) is 49.9 Å². The minimum Gasteiger partial charge on any atom is -0.497 e. The van der Waals surface area contributed by atoms with E-state index in [1.54, 1.807) is 7.11 Å². The summed E-state index contributed by atoms with van der Waals surface area (Å²) in [6, 6.07) is 24.7. The minimum atomic E-state index is -0.152. The van der Waals surface area contributed by atoms with Gasteiger partial charge >= 0.3 is 11.9 Å². The monoisotopic (exact) mass is 873 g/mol. The molecule has 0 saturated carbocycles. The lowest BCUT2D eigenvalue weighted by molar-refractivity contribution is -0.145. The molecule has 0 amide bonds. The van der Waals surface area contributed by atoms with Crippen LogP contribution in [0.5, 0.6) is 5.75 Å². The van der Waals surface area contributed by atoms with E-state index in [0.29, 0.717) is 39.4 Å². The molecule has 3 aromatic carbocycles. The number of unbranched alkanes of at least 4 members (excludes halogenated alkanes) is 2. The molecule has 352 valence electrons. The second-order valence-corrected chi connectivity index (χ2v) is 16.2. The van der Waals surface area contributed by atoms with E-state index in [-0.39, 0.29) is 11.9 Å². The number of rotatable bonds is 33. The van der Waals surface area contributed by atoms with Gasteiger partial charge in [0.15, 0.2) is 0 Å². The fraction of sp³-hybridized carbons (Fsp3) is 0.596. The molecular formula is C52H84N6O5. The van der Waals surface area contributed by atoms with Crippen molar-refractivity contribution in [2.45, 2.75) is 119 Å². The topological polar surface area (TPSA) is 113 Å². The van der Waals surface area contributed by atoms with Crippen LogP contribution in [0.15, 0.2) is 77.8 Å². The zero-order valence-electron chi connectivity index (χ0n) is 40.3. The molecule has 0 heterocycles. The van der Waals surface area contributed by atoms with Crippen molar-refractivity contribution in [3.8, 4) is 5.75 Å². The summed E-state index contributed by atoms with van der Waals surface area (Å²) in [5.41, 5.74) is 11.4. The van der Waals surface area contributed by atoms with E-state index in [0.717, 1.165) is 100 Å². The van der Waals surface area contributed by atoms with E-state index >= 15 is 0 Å². The Bertz CT molecular complexity index is 1610. The van der Waals surface area contributed by atoms with Crippen LogP contribution >= 0.6 is 0 Å². The molecule has 0 aliphatic carbocycles. The molecule has 0 bridgehead atoms. The molecule has 0 spiro atoms. The molecule has 63 heavy (non-hydrogen) atoms. The van der Waals surface area contributed by atoms with Crippen LogP contribution in [0.4, 0.5) is 0 Å². The first-order chi connectivity index (χ1) is 30.7. The summed E-state index contributed by atoms with van der Waals surface area (Å²) in [7, 11) is 1.67. The van der Waals surface area contributed by atoms with E-state index < -0.39 is 0 Å². The zero-order chi connectivity index (χ0) is 45.9. The first kappa shape index (κ1) is 55.0. The Hall–Kier alpha value is -4.13. The number of carbonyl (C=O) groups is 2. The van der Waals surface area contributed by atoms with Crippen LogP contribution in [0.2, 0.25) is 0 Å². The van der Waals surface area contributed by atoms with Gasteiger partial charge in [-0.25, -0.2) is 0 Å². The van der Waals surface area contributed by atoms with Crippen LogP contribution in [-0.2, 0) is 45.2 Å². The molecule has 0 unspecified atom stereocenters. The number of methoxy groups -OCH3 is 1. The highest BCUT2D eigenvalue weighted by Crippen LogP contribution is 2.13. The molecule has 11 heteroatoms. The SMILES string of the molecule is CCCN(CCC)CCCCN(CC(=O)OCC)Cc1ccc(CN)cc1.CCCN(CCC)CCCCN(CC(=O)OCC)Cc1ccc(CN=Cc2ccc(OC)cc2)cc1. The Balaban J connectivity index is 0.000000452. The van der Waals surface area contributed by atoms with Crippen molar-refractivity contribution in [3.05, 3.63) is 101 Å². The lowest BCUT2D eigenvalue weighted by atomic mass is 10.1. The molecule has 0 fully saturated rings. The number of esters is 2. The van der Waals surface area contributed by atoms with Crippen molar-refractivity contribution >= 4 is 18.2 Å². The largest absolute Gasteiger partial charge is 0.497 e. The zero-order valence-corrected chi connectivity index (χ0v) is 40.3. The number of hydrogen-bond donors (Lipinski definition) is 1. The standard InChI is InChI=1S/C30H45N3O3.C22H39N3O2/c1-5-18-32(19-6-2)20-8-9-21-33(25-30(34)36-7-3)24-28-12-10-26(11-13-28)22-31-23-27-14-16-29(35-4)17-15-27;1-4-13-24(14-5-2)15-7-8-16-25(19-22(26)27-6-3)18-21-11-9-20(17-23)10-12-21/h10-17,23H,5-9,18-22,24-25H2,1-4H3;9-12H,4-8,13-19,23H2,1-3H3. The predicted molar refractivity (Wildman–Crippen MR) is 261 cm³/mol. The molecule has 0 radical (unpaired) electrons. The first-order valence-electron chi connectivity index (χ1n) is 23.9. The number of nitrogens with zero attached hydrogens (tertiary/aromatic N) is 5. The van der Waals surface area contributed by atoms with Gasteiger partial charge < -0.3 is 29.7 Å². The van der Waals surface area contributed by atoms with Gasteiger partial charge in [0.1, 0.15) is 5.75 Å². The lowest BCUT2D eigenvalue weighted by Gasteiger charge is -2.24. The average Bonchev–Trinajstić information content (AvgIpc) is 3.28. The van der Waals surface area contributed by atoms with Crippen LogP contribution in [-0.4, -0.2) is 124 Å². The molecule has 0 aliphatic rings. The number of benzene rings is 3. The van der Waals surface area contributed by atoms with Crippen molar-refractivity contribution < 1.29 is 23.8 Å². The molecule has 3 aromatic rings. The van der Waals surface area contributed by atoms with Crippen molar-refractivity contribution in [2.75, 3.05) is 85.8 Å². The summed E-state index contributed by atoms with van der Waals surface area (Å²) in [5.74, 6) is 0.546. The predicted octanol–water partition coefficient (Wildman–Crippen LogP) is 8.99. The van der Waals surface area contributed by atoms with Gasteiger partial charge in [-0.1, -0.05) is 76.2 Å². The number of aliphatic imine (C=N–C) groups is 1. The average molecular weight is 873 g/mol. The second-order valence-electron chi connectivity index (χ2n) is 16.2. The van der Waals surface area contributed by atoms with E-state index in [1.807, 2.05) is 44.3 Å². The quantitative estimate of drug-likeness (QED) is 0.0362. The molecule has 2 N–H and O–H groups in total. The third-order valence-electron chi connectivity index (χ3n) is 10.6. The normalized spacial score (nSPS) is 11.4. The summed E-state index contributed by atoms with van der Waals surface area (Å²) >= 11 is 0. The number of hydrogen-bond acceptors (Lipinski definition) is 11. The smallest absolute Gasteiger partial charge is 0.320 e. The van der Waals surface area contributed by atoms with Crippen molar-refractivity contribution in [1.29, 1.82) is 0 Å². The van der Waals surface area contributed by atoms with Crippen molar-refractivity contribution in [1.82, 2.24) is 19.6 Å². The van der Waals surface area contributed by atoms with Gasteiger partial charge in [-0.2, -0.15) is 0 Å². The Morgan fingerprint density at radius 2 is 0.905 bits per heavy atom. The summed E-state index contributed by atoms with van der Waals surface area (Å²) < 4.78 is 15.6. The van der Waals surface area contributed by atoms with Crippen LogP contribution in [0.3, 0.4) is 0 Å². The van der Waals surface area contributed by atoms with Crippen molar-refractivity contribution in [3.63, 3.8) is 0 Å². The molecule has 0 aliphatic heterocycles. The maximum absolute atomic E-state index is 12.2. The number of nitrogens with two attached hydrogens (primary N) is 1. The Labute approximate surface area is 382 Å². The fourth-order valence-electron chi connectivity index (χ4n) is 7.48. The summed E-state index contributed by atoms with van der Waals surface area (Å²) in [4.78, 5) is 38.2. The Kier molecular flexibility index (Phi) is 30.8. The fourth-order valence-corrected chi connectivity index (χ4v) is 7.48. The molecular weight excluding hydrogens is 789 g/mol. The van der Waals surface area contributed by atoms with E-state index in [2.05, 4.69) is 101 Å². The molecule has 0 atom stereocenters. The maximum Gasteiger partial charge on any atom is 0.320 e. The highest BCUT2D eigenvalue weighted by molar-refractivity contribution is 5.79. The van der Waals surface area contributed by atoms with E-state index in [9.17, 15) is 9.59 Å². The lowest BCUT2D eigenvalue weighted by Crippen LogP contribution is -2.32. The van der Waals surface area contributed by atoms with Crippen LogP contribution in [0.1, 0.15) is 121 Å². The maximum atomic E-state index is 12.2. The Morgan fingerprint density at radius 3 is 1.27 bits per heavy atom. The van der Waals surface area contributed by atoms with Crippen molar-refractivity contribution in [2.24, 2.45) is 10.7 Å². The van der Waals surface area contributed by atoms with Gasteiger partial charge in [-0.3, -0.25) is 24.4 Å². The van der Waals surface area contributed by atoms with Gasteiger partial charge in [0, 0.05) is 25.8 Å². The van der Waals surface area contributed by atoms with Gasteiger partial charge in [0.2, 0.25) is 0 Å². The summed E-state index contributed by atoms with van der Waals surface area (Å²) in [6.07, 6.45) is 11.1. The molecule has 3 rings (SSSR count). The van der Waals surface area contributed by atoms with Gasteiger partial charge in [-0.15, -0.1) is 0 Å². The molecule has 0 aromatic heterocycles. The third-order valence-corrected chi connectivity index (χ3v) is 10.6. The van der Waals surface area contributed by atoms with Crippen LogP contribution < -0.4 is 10.5 Å². The summed E-state index contributed by atoms with van der Waals surface area (Å²) in [5, 5.41) is 0. The van der Waals surface area contributed by atoms with Crippen LogP contribution in [0.25, 0.3) is 0 Å². The minimum absolute atomic E-state index is 0.144. The second kappa shape index (κ2) is 35.2. The Morgan fingerprint density at radius 1 is 0.524 bits per heavy atom. The summed E-state index contributed by atoms with van der Waals surface area (Å²) in [6.45, 7) is 25.6. The van der Waals surface area contributed by atoms with E-state index in [4.69, 9.17) is 19.9 Å². The van der Waals surface area contributed by atoms with Gasteiger partial charge in [0.25, 0.3) is 0 Å². The highest BCUT2D eigenvalue weighted by atomic mass is 16.5. The molecule has 11 nitrogen and oxygen atoms in total. The number of carbonyl (C=O) groups excluding carboxylic acids is 2. The number of ether oxygens (including phenoxy) is 3.